The Hall–Kier alpha value is -1.65. The average Bonchev–Trinajstić information content (AvgIpc) is 2.47. The van der Waals surface area contributed by atoms with Gasteiger partial charge in [0.05, 0.1) is 4.90 Å². The SMILES string of the molecule is C[C@@H](CCc1ccccc1)NS(=O)(=O)c1ccccc1. The molecule has 2 aromatic rings. The number of nitrogens with one attached hydrogen (secondary N) is 1. The number of benzene rings is 2. The fourth-order valence-corrected chi connectivity index (χ4v) is 3.32. The van der Waals surface area contributed by atoms with Crippen LogP contribution in [0, 0.1) is 0 Å². The number of hydrogen-bond acceptors (Lipinski definition) is 2. The second kappa shape index (κ2) is 6.68. The highest BCUT2D eigenvalue weighted by Gasteiger charge is 2.16. The molecule has 1 N–H and O–H groups in total. The van der Waals surface area contributed by atoms with E-state index in [-0.39, 0.29) is 6.04 Å². The molecular formula is C16H19NO2S. The fraction of sp³-hybridized carbons (Fsp3) is 0.250. The number of aryl methyl sites for hydroxylation is 1. The van der Waals surface area contributed by atoms with Gasteiger partial charge in [0.15, 0.2) is 0 Å². The molecule has 2 aromatic carbocycles. The van der Waals surface area contributed by atoms with E-state index in [0.29, 0.717) is 4.90 Å². The fourth-order valence-electron chi connectivity index (χ4n) is 2.02. The molecule has 0 spiro atoms. The monoisotopic (exact) mass is 289 g/mol. The third kappa shape index (κ3) is 4.18. The maximum Gasteiger partial charge on any atom is 0.240 e. The minimum atomic E-state index is -3.41. The molecule has 0 saturated heterocycles. The zero-order chi connectivity index (χ0) is 14.4. The zero-order valence-electron chi connectivity index (χ0n) is 11.5. The molecule has 0 aliphatic heterocycles. The third-order valence-corrected chi connectivity index (χ3v) is 4.72. The van der Waals surface area contributed by atoms with Gasteiger partial charge in [0.2, 0.25) is 10.0 Å². The van der Waals surface area contributed by atoms with Crippen molar-refractivity contribution in [2.45, 2.75) is 30.7 Å². The van der Waals surface area contributed by atoms with E-state index in [1.807, 2.05) is 25.1 Å². The van der Waals surface area contributed by atoms with E-state index < -0.39 is 10.0 Å². The number of rotatable bonds is 6. The molecule has 0 radical (unpaired) electrons. The first-order valence-corrected chi connectivity index (χ1v) is 8.17. The van der Waals surface area contributed by atoms with Crippen LogP contribution >= 0.6 is 0 Å². The van der Waals surface area contributed by atoms with Crippen molar-refractivity contribution >= 4 is 10.0 Å². The van der Waals surface area contributed by atoms with Crippen LogP contribution in [-0.2, 0) is 16.4 Å². The molecule has 0 bridgehead atoms. The van der Waals surface area contributed by atoms with Crippen molar-refractivity contribution < 1.29 is 8.42 Å². The Bertz CT molecular complexity index is 624. The Morgan fingerprint density at radius 2 is 1.50 bits per heavy atom. The lowest BCUT2D eigenvalue weighted by molar-refractivity contribution is 0.547. The molecule has 4 heteroatoms. The highest BCUT2D eigenvalue weighted by atomic mass is 32.2. The van der Waals surface area contributed by atoms with E-state index in [9.17, 15) is 8.42 Å². The van der Waals surface area contributed by atoms with Crippen LogP contribution in [-0.4, -0.2) is 14.5 Å². The van der Waals surface area contributed by atoms with Crippen LogP contribution in [0.2, 0.25) is 0 Å². The predicted octanol–water partition coefficient (Wildman–Crippen LogP) is 2.99. The number of sulfonamides is 1. The molecule has 0 unspecified atom stereocenters. The molecule has 0 aliphatic rings. The van der Waals surface area contributed by atoms with Crippen molar-refractivity contribution in [2.75, 3.05) is 0 Å². The maximum absolute atomic E-state index is 12.1. The van der Waals surface area contributed by atoms with Gasteiger partial charge >= 0.3 is 0 Å². The molecule has 1 atom stereocenters. The Kier molecular flexibility index (Phi) is 4.93. The van der Waals surface area contributed by atoms with Gasteiger partial charge in [-0.2, -0.15) is 0 Å². The maximum atomic E-state index is 12.1. The summed E-state index contributed by atoms with van der Waals surface area (Å²) in [6.45, 7) is 1.89. The summed E-state index contributed by atoms with van der Waals surface area (Å²) in [5.41, 5.74) is 1.22. The van der Waals surface area contributed by atoms with E-state index in [4.69, 9.17) is 0 Å². The molecule has 2 rings (SSSR count). The molecule has 0 heterocycles. The van der Waals surface area contributed by atoms with Gasteiger partial charge in [-0.15, -0.1) is 0 Å². The van der Waals surface area contributed by atoms with E-state index in [2.05, 4.69) is 16.9 Å². The van der Waals surface area contributed by atoms with Gasteiger partial charge in [-0.05, 0) is 37.5 Å². The largest absolute Gasteiger partial charge is 0.240 e. The summed E-state index contributed by atoms with van der Waals surface area (Å²) in [6, 6.07) is 18.4. The van der Waals surface area contributed by atoms with Crippen LogP contribution in [0.5, 0.6) is 0 Å². The summed E-state index contributed by atoms with van der Waals surface area (Å²) < 4.78 is 27.0. The Morgan fingerprint density at radius 1 is 0.950 bits per heavy atom. The van der Waals surface area contributed by atoms with Gasteiger partial charge in [0, 0.05) is 6.04 Å². The second-order valence-electron chi connectivity index (χ2n) is 4.86. The second-order valence-corrected chi connectivity index (χ2v) is 6.57. The van der Waals surface area contributed by atoms with E-state index in [0.717, 1.165) is 12.8 Å². The van der Waals surface area contributed by atoms with Crippen LogP contribution in [0.15, 0.2) is 65.6 Å². The standard InChI is InChI=1S/C16H19NO2S/c1-14(12-13-15-8-4-2-5-9-15)17-20(18,19)16-10-6-3-7-11-16/h2-11,14,17H,12-13H2,1H3/t14-/m0/s1. The van der Waals surface area contributed by atoms with Crippen LogP contribution in [0.1, 0.15) is 18.9 Å². The van der Waals surface area contributed by atoms with E-state index in [1.54, 1.807) is 30.3 Å². The Labute approximate surface area is 120 Å². The van der Waals surface area contributed by atoms with Gasteiger partial charge in [0.1, 0.15) is 0 Å². The van der Waals surface area contributed by atoms with Gasteiger partial charge in [0.25, 0.3) is 0 Å². The summed E-state index contributed by atoms with van der Waals surface area (Å²) in [5.74, 6) is 0. The lowest BCUT2D eigenvalue weighted by Crippen LogP contribution is -2.32. The average molecular weight is 289 g/mol. The Morgan fingerprint density at radius 3 is 2.10 bits per heavy atom. The highest BCUT2D eigenvalue weighted by Crippen LogP contribution is 2.10. The van der Waals surface area contributed by atoms with Gasteiger partial charge in [-0.25, -0.2) is 13.1 Å². The molecule has 0 amide bonds. The highest BCUT2D eigenvalue weighted by molar-refractivity contribution is 7.89. The summed E-state index contributed by atoms with van der Waals surface area (Å²) in [5, 5.41) is 0. The van der Waals surface area contributed by atoms with Crippen molar-refractivity contribution in [3.63, 3.8) is 0 Å². The first-order valence-electron chi connectivity index (χ1n) is 6.69. The van der Waals surface area contributed by atoms with Gasteiger partial charge in [-0.1, -0.05) is 48.5 Å². The normalized spacial score (nSPS) is 13.1. The summed E-state index contributed by atoms with van der Waals surface area (Å²) >= 11 is 0. The van der Waals surface area contributed by atoms with Crippen molar-refractivity contribution in [1.29, 1.82) is 0 Å². The third-order valence-electron chi connectivity index (χ3n) is 3.12. The summed E-state index contributed by atoms with van der Waals surface area (Å²) in [6.07, 6.45) is 1.63. The van der Waals surface area contributed by atoms with Gasteiger partial charge in [-0.3, -0.25) is 0 Å². The van der Waals surface area contributed by atoms with Crippen LogP contribution in [0.25, 0.3) is 0 Å². The topological polar surface area (TPSA) is 46.2 Å². The molecular weight excluding hydrogens is 270 g/mol. The molecule has 106 valence electrons. The van der Waals surface area contributed by atoms with E-state index in [1.165, 1.54) is 5.56 Å². The zero-order valence-corrected chi connectivity index (χ0v) is 12.3. The molecule has 0 saturated carbocycles. The predicted molar refractivity (Wildman–Crippen MR) is 81.0 cm³/mol. The Balaban J connectivity index is 1.93. The summed E-state index contributed by atoms with van der Waals surface area (Å²) in [4.78, 5) is 0.312. The minimum Gasteiger partial charge on any atom is -0.208 e. The lowest BCUT2D eigenvalue weighted by atomic mass is 10.1. The first-order chi connectivity index (χ1) is 9.58. The lowest BCUT2D eigenvalue weighted by Gasteiger charge is -2.14. The van der Waals surface area contributed by atoms with Crippen LogP contribution in [0.4, 0.5) is 0 Å². The number of hydrogen-bond donors (Lipinski definition) is 1. The van der Waals surface area contributed by atoms with Crippen molar-refractivity contribution in [1.82, 2.24) is 4.72 Å². The first kappa shape index (κ1) is 14.8. The molecule has 20 heavy (non-hydrogen) atoms. The van der Waals surface area contributed by atoms with Crippen molar-refractivity contribution in [3.05, 3.63) is 66.2 Å². The van der Waals surface area contributed by atoms with Gasteiger partial charge < -0.3 is 0 Å². The molecule has 0 aromatic heterocycles. The van der Waals surface area contributed by atoms with Crippen LogP contribution < -0.4 is 4.72 Å². The quantitative estimate of drug-likeness (QED) is 0.888. The minimum absolute atomic E-state index is 0.0968. The van der Waals surface area contributed by atoms with Crippen molar-refractivity contribution in [2.24, 2.45) is 0 Å². The molecule has 3 nitrogen and oxygen atoms in total. The summed E-state index contributed by atoms with van der Waals surface area (Å²) in [7, 11) is -3.41. The molecule has 0 aliphatic carbocycles. The smallest absolute Gasteiger partial charge is 0.208 e. The molecule has 0 fully saturated rings. The van der Waals surface area contributed by atoms with E-state index >= 15 is 0 Å². The van der Waals surface area contributed by atoms with Crippen molar-refractivity contribution in [3.8, 4) is 0 Å². The van der Waals surface area contributed by atoms with Crippen LogP contribution in [0.3, 0.4) is 0 Å².